The molecule has 0 atom stereocenters. The van der Waals surface area contributed by atoms with Crippen LogP contribution in [0.4, 0.5) is 18.9 Å². The van der Waals surface area contributed by atoms with Crippen molar-refractivity contribution in [1.29, 1.82) is 0 Å². The number of thioether (sulfide) groups is 1. The summed E-state index contributed by atoms with van der Waals surface area (Å²) in [5, 5.41) is 3.55. The zero-order chi connectivity index (χ0) is 13.2. The summed E-state index contributed by atoms with van der Waals surface area (Å²) in [4.78, 5) is 4.19. The zero-order valence-corrected chi connectivity index (χ0v) is 10.8. The van der Waals surface area contributed by atoms with E-state index in [1.54, 1.807) is 0 Å². The van der Waals surface area contributed by atoms with Crippen molar-refractivity contribution in [3.8, 4) is 0 Å². The molecule has 1 N–H and O–H groups in total. The minimum Gasteiger partial charge on any atom is -0.335 e. The van der Waals surface area contributed by atoms with E-state index in [1.807, 2.05) is 0 Å². The first kappa shape index (κ1) is 13.5. The van der Waals surface area contributed by atoms with Crippen molar-refractivity contribution in [1.82, 2.24) is 0 Å². The Hall–Kier alpha value is -0.880. The van der Waals surface area contributed by atoms with E-state index in [-0.39, 0.29) is 5.02 Å². The third-order valence-corrected chi connectivity index (χ3v) is 3.49. The second-order valence-corrected chi connectivity index (χ2v) is 5.26. The van der Waals surface area contributed by atoms with Gasteiger partial charge in [-0.2, -0.15) is 13.2 Å². The number of alkyl halides is 3. The molecule has 2 nitrogen and oxygen atoms in total. The molecule has 18 heavy (non-hydrogen) atoms. The highest BCUT2D eigenvalue weighted by molar-refractivity contribution is 8.14. The molecule has 0 saturated heterocycles. The van der Waals surface area contributed by atoms with E-state index in [4.69, 9.17) is 11.6 Å². The van der Waals surface area contributed by atoms with E-state index in [1.165, 1.54) is 17.8 Å². The number of nitrogens with one attached hydrogen (secondary N) is 1. The number of hydrogen-bond donors (Lipinski definition) is 1. The summed E-state index contributed by atoms with van der Waals surface area (Å²) in [6, 6.07) is 3.39. The first-order valence-corrected chi connectivity index (χ1v) is 6.63. The second-order valence-electron chi connectivity index (χ2n) is 3.74. The van der Waals surface area contributed by atoms with E-state index < -0.39 is 11.7 Å². The lowest BCUT2D eigenvalue weighted by Crippen LogP contribution is -2.14. The Morgan fingerprint density at radius 1 is 1.28 bits per heavy atom. The summed E-state index contributed by atoms with van der Waals surface area (Å²) < 4.78 is 37.8. The average molecular weight is 295 g/mol. The van der Waals surface area contributed by atoms with Gasteiger partial charge in [0, 0.05) is 23.0 Å². The lowest BCUT2D eigenvalue weighted by Gasteiger charge is -2.15. The summed E-state index contributed by atoms with van der Waals surface area (Å²) >= 11 is 7.18. The van der Waals surface area contributed by atoms with Gasteiger partial charge < -0.3 is 5.32 Å². The van der Waals surface area contributed by atoms with Crippen LogP contribution in [-0.4, -0.2) is 17.5 Å². The molecule has 7 heteroatoms. The van der Waals surface area contributed by atoms with Crippen LogP contribution in [-0.2, 0) is 6.18 Å². The smallest absolute Gasteiger partial charge is 0.335 e. The highest BCUT2D eigenvalue weighted by Gasteiger charge is 2.31. The summed E-state index contributed by atoms with van der Waals surface area (Å²) in [6.07, 6.45) is -3.41. The van der Waals surface area contributed by atoms with Crippen LogP contribution in [0.15, 0.2) is 23.2 Å². The number of anilines is 1. The Morgan fingerprint density at radius 2 is 2.06 bits per heavy atom. The monoisotopic (exact) mass is 294 g/mol. The van der Waals surface area contributed by atoms with E-state index in [2.05, 4.69) is 10.3 Å². The van der Waals surface area contributed by atoms with E-state index >= 15 is 0 Å². The number of amidine groups is 1. The lowest BCUT2D eigenvalue weighted by molar-refractivity contribution is -0.137. The number of hydrogen-bond acceptors (Lipinski definition) is 3. The fraction of sp³-hybridized carbons (Fsp3) is 0.364. The number of halogens is 4. The lowest BCUT2D eigenvalue weighted by atomic mass is 10.2. The first-order chi connectivity index (χ1) is 8.45. The van der Waals surface area contributed by atoms with Crippen molar-refractivity contribution in [2.45, 2.75) is 12.6 Å². The van der Waals surface area contributed by atoms with Gasteiger partial charge in [-0.05, 0) is 24.6 Å². The van der Waals surface area contributed by atoms with Crippen LogP contribution in [0.1, 0.15) is 12.0 Å². The van der Waals surface area contributed by atoms with Crippen molar-refractivity contribution < 1.29 is 13.2 Å². The van der Waals surface area contributed by atoms with Gasteiger partial charge in [0.05, 0.1) is 5.56 Å². The van der Waals surface area contributed by atoms with Gasteiger partial charge in [0.15, 0.2) is 5.17 Å². The maximum absolute atomic E-state index is 12.6. The quantitative estimate of drug-likeness (QED) is 0.837. The van der Waals surface area contributed by atoms with Crippen molar-refractivity contribution in [3.63, 3.8) is 0 Å². The summed E-state index contributed by atoms with van der Waals surface area (Å²) in [7, 11) is 0. The number of rotatable bonds is 1. The molecule has 1 heterocycles. The maximum atomic E-state index is 12.6. The van der Waals surface area contributed by atoms with E-state index in [0.29, 0.717) is 17.4 Å². The van der Waals surface area contributed by atoms with E-state index in [9.17, 15) is 13.2 Å². The summed E-state index contributed by atoms with van der Waals surface area (Å²) in [6.45, 7) is 0.696. The summed E-state index contributed by atoms with van der Waals surface area (Å²) in [5.74, 6) is 0.915. The molecule has 98 valence electrons. The normalized spacial score (nSPS) is 16.3. The number of aliphatic imine (C=N–C) groups is 1. The fourth-order valence-electron chi connectivity index (χ4n) is 1.48. The molecule has 0 unspecified atom stereocenters. The van der Waals surface area contributed by atoms with Gasteiger partial charge in [0.2, 0.25) is 0 Å². The van der Waals surface area contributed by atoms with Crippen LogP contribution in [0, 0.1) is 0 Å². The summed E-state index contributed by atoms with van der Waals surface area (Å²) in [5.41, 5.74) is -0.457. The topological polar surface area (TPSA) is 24.4 Å². The third-order valence-electron chi connectivity index (χ3n) is 2.27. The highest BCUT2D eigenvalue weighted by atomic mass is 35.5. The van der Waals surface area contributed by atoms with Gasteiger partial charge in [0.25, 0.3) is 0 Å². The maximum Gasteiger partial charge on any atom is 0.416 e. The van der Waals surface area contributed by atoms with Gasteiger partial charge in [-0.3, -0.25) is 4.99 Å². The fourth-order valence-corrected chi connectivity index (χ4v) is 2.56. The Morgan fingerprint density at radius 3 is 2.67 bits per heavy atom. The zero-order valence-electron chi connectivity index (χ0n) is 9.22. The predicted octanol–water partition coefficient (Wildman–Crippen LogP) is 4.26. The minimum atomic E-state index is -4.40. The van der Waals surface area contributed by atoms with Gasteiger partial charge >= 0.3 is 6.18 Å². The number of nitrogens with zero attached hydrogens (tertiary/aromatic N) is 1. The molecule has 2 rings (SSSR count). The van der Waals surface area contributed by atoms with Crippen LogP contribution in [0.2, 0.25) is 5.02 Å². The molecular formula is C11H10ClF3N2S. The van der Waals surface area contributed by atoms with Crippen LogP contribution < -0.4 is 5.32 Å². The molecule has 0 aliphatic carbocycles. The molecule has 1 aromatic carbocycles. The van der Waals surface area contributed by atoms with Gasteiger partial charge in [-0.15, -0.1) is 0 Å². The van der Waals surface area contributed by atoms with E-state index in [0.717, 1.165) is 24.3 Å². The molecule has 0 spiro atoms. The molecule has 0 radical (unpaired) electrons. The van der Waals surface area contributed by atoms with Gasteiger partial charge in [-0.25, -0.2) is 0 Å². The molecule has 1 aliphatic rings. The molecule has 1 aliphatic heterocycles. The molecule has 0 fully saturated rings. The molecule has 0 aromatic heterocycles. The largest absolute Gasteiger partial charge is 0.416 e. The molecule has 0 amide bonds. The van der Waals surface area contributed by atoms with Gasteiger partial charge in [-0.1, -0.05) is 23.4 Å². The number of benzene rings is 1. The Labute approximate surface area is 112 Å². The third kappa shape index (κ3) is 3.55. The SMILES string of the molecule is FC(F)(F)c1cc(Cl)cc(NC2=NCCCS2)c1. The standard InChI is InChI=1S/C11H10ClF3N2S/c12-8-4-7(11(13,14)15)5-9(6-8)17-10-16-2-1-3-18-10/h4-6H,1-3H2,(H,16,17). The minimum absolute atomic E-state index is 0.0498. The molecular weight excluding hydrogens is 285 g/mol. The van der Waals surface area contributed by atoms with Crippen LogP contribution in [0.3, 0.4) is 0 Å². The Balaban J connectivity index is 2.22. The Kier molecular flexibility index (Phi) is 4.07. The molecule has 0 saturated carbocycles. The van der Waals surface area contributed by atoms with Crippen LogP contribution >= 0.6 is 23.4 Å². The molecule has 1 aromatic rings. The highest BCUT2D eigenvalue weighted by Crippen LogP contribution is 2.33. The van der Waals surface area contributed by atoms with Crippen molar-refractivity contribution in [2.24, 2.45) is 4.99 Å². The first-order valence-electron chi connectivity index (χ1n) is 5.27. The van der Waals surface area contributed by atoms with Crippen LogP contribution in [0.5, 0.6) is 0 Å². The van der Waals surface area contributed by atoms with Crippen LogP contribution in [0.25, 0.3) is 0 Å². The van der Waals surface area contributed by atoms with Crippen molar-refractivity contribution in [3.05, 3.63) is 28.8 Å². The Bertz CT molecular complexity index is 474. The predicted molar refractivity (Wildman–Crippen MR) is 69.5 cm³/mol. The molecule has 0 bridgehead atoms. The average Bonchev–Trinajstić information content (AvgIpc) is 2.28. The van der Waals surface area contributed by atoms with Crippen molar-refractivity contribution in [2.75, 3.05) is 17.6 Å². The van der Waals surface area contributed by atoms with Gasteiger partial charge in [0.1, 0.15) is 0 Å². The second kappa shape index (κ2) is 5.40. The van der Waals surface area contributed by atoms with Crippen molar-refractivity contribution >= 4 is 34.2 Å².